The van der Waals surface area contributed by atoms with Gasteiger partial charge in [0.25, 0.3) is 0 Å². The molecule has 0 aromatic carbocycles. The summed E-state index contributed by atoms with van der Waals surface area (Å²) in [7, 11) is 1.84. The minimum atomic E-state index is 0.179. The molecular weight excluding hydrogens is 216 g/mol. The molecule has 2 rings (SSSR count). The van der Waals surface area contributed by atoms with Crippen LogP contribution in [0.5, 0.6) is 0 Å². The zero-order chi connectivity index (χ0) is 12.3. The van der Waals surface area contributed by atoms with E-state index in [-0.39, 0.29) is 5.91 Å². The maximum absolute atomic E-state index is 11.8. The van der Waals surface area contributed by atoms with Gasteiger partial charge in [0.15, 0.2) is 0 Å². The molecule has 1 heterocycles. The van der Waals surface area contributed by atoms with Crippen LogP contribution in [0.3, 0.4) is 0 Å². The minimum Gasteiger partial charge on any atom is -0.469 e. The van der Waals surface area contributed by atoms with Crippen LogP contribution in [-0.2, 0) is 11.3 Å². The Labute approximate surface area is 102 Å². The SMILES string of the molecule is Cc1occc1CN(C)C(=O)CCNC1CC1. The Morgan fingerprint density at radius 1 is 1.59 bits per heavy atom. The summed E-state index contributed by atoms with van der Waals surface area (Å²) in [5.41, 5.74) is 1.08. The summed E-state index contributed by atoms with van der Waals surface area (Å²) in [6.45, 7) is 3.34. The second-order valence-electron chi connectivity index (χ2n) is 4.73. The fourth-order valence-corrected chi connectivity index (χ4v) is 1.78. The first-order chi connectivity index (χ1) is 8.16. The van der Waals surface area contributed by atoms with Crippen LogP contribution >= 0.6 is 0 Å². The largest absolute Gasteiger partial charge is 0.469 e. The Bertz CT molecular complexity index is 383. The number of nitrogens with zero attached hydrogens (tertiary/aromatic N) is 1. The van der Waals surface area contributed by atoms with Gasteiger partial charge in [-0.05, 0) is 25.8 Å². The summed E-state index contributed by atoms with van der Waals surface area (Å²) < 4.78 is 5.22. The van der Waals surface area contributed by atoms with Crippen molar-refractivity contribution in [1.82, 2.24) is 10.2 Å². The van der Waals surface area contributed by atoms with Crippen molar-refractivity contribution in [3.8, 4) is 0 Å². The first kappa shape index (κ1) is 12.2. The zero-order valence-corrected chi connectivity index (χ0v) is 10.5. The van der Waals surface area contributed by atoms with Crippen molar-refractivity contribution >= 4 is 5.91 Å². The van der Waals surface area contributed by atoms with E-state index in [1.807, 2.05) is 20.0 Å². The first-order valence-corrected chi connectivity index (χ1v) is 6.17. The molecule has 4 nitrogen and oxygen atoms in total. The summed E-state index contributed by atoms with van der Waals surface area (Å²) in [6.07, 6.45) is 4.76. The fraction of sp³-hybridized carbons (Fsp3) is 0.615. The average Bonchev–Trinajstić information content (AvgIpc) is 3.04. The van der Waals surface area contributed by atoms with Gasteiger partial charge >= 0.3 is 0 Å². The topological polar surface area (TPSA) is 45.5 Å². The molecule has 1 amide bonds. The first-order valence-electron chi connectivity index (χ1n) is 6.17. The molecule has 1 saturated carbocycles. The molecule has 1 aromatic rings. The van der Waals surface area contributed by atoms with Gasteiger partial charge in [-0.3, -0.25) is 4.79 Å². The van der Waals surface area contributed by atoms with Crippen LogP contribution in [-0.4, -0.2) is 30.4 Å². The normalized spacial score (nSPS) is 14.9. The minimum absolute atomic E-state index is 0.179. The molecule has 17 heavy (non-hydrogen) atoms. The predicted octanol–water partition coefficient (Wildman–Crippen LogP) is 1.69. The third-order valence-electron chi connectivity index (χ3n) is 3.15. The van der Waals surface area contributed by atoms with E-state index in [4.69, 9.17) is 4.42 Å². The lowest BCUT2D eigenvalue weighted by atomic mass is 10.2. The number of aryl methyl sites for hydroxylation is 1. The molecule has 0 saturated heterocycles. The van der Waals surface area contributed by atoms with E-state index in [1.54, 1.807) is 11.2 Å². The van der Waals surface area contributed by atoms with Gasteiger partial charge in [0.2, 0.25) is 5.91 Å². The monoisotopic (exact) mass is 236 g/mol. The smallest absolute Gasteiger partial charge is 0.223 e. The van der Waals surface area contributed by atoms with Crippen LogP contribution in [0, 0.1) is 6.92 Å². The van der Waals surface area contributed by atoms with Gasteiger partial charge in [-0.15, -0.1) is 0 Å². The molecule has 0 aliphatic heterocycles. The van der Waals surface area contributed by atoms with Gasteiger partial charge in [0.1, 0.15) is 5.76 Å². The summed E-state index contributed by atoms with van der Waals surface area (Å²) in [4.78, 5) is 13.6. The highest BCUT2D eigenvalue weighted by molar-refractivity contribution is 5.76. The number of carbonyl (C=O) groups excluding carboxylic acids is 1. The van der Waals surface area contributed by atoms with Crippen molar-refractivity contribution in [2.75, 3.05) is 13.6 Å². The number of carbonyl (C=O) groups is 1. The Morgan fingerprint density at radius 3 is 2.94 bits per heavy atom. The molecule has 1 fully saturated rings. The molecule has 94 valence electrons. The van der Waals surface area contributed by atoms with Gasteiger partial charge in [-0.1, -0.05) is 0 Å². The van der Waals surface area contributed by atoms with E-state index in [0.29, 0.717) is 19.0 Å². The van der Waals surface area contributed by atoms with Gasteiger partial charge < -0.3 is 14.6 Å². The predicted molar refractivity (Wildman–Crippen MR) is 65.6 cm³/mol. The van der Waals surface area contributed by atoms with Crippen LogP contribution in [0.1, 0.15) is 30.6 Å². The van der Waals surface area contributed by atoms with Crippen LogP contribution in [0.2, 0.25) is 0 Å². The number of rotatable bonds is 6. The molecule has 0 radical (unpaired) electrons. The summed E-state index contributed by atoms with van der Waals surface area (Å²) in [5, 5.41) is 3.35. The molecule has 1 aliphatic carbocycles. The lowest BCUT2D eigenvalue weighted by Gasteiger charge is -2.16. The number of amides is 1. The molecule has 1 aliphatic rings. The zero-order valence-electron chi connectivity index (χ0n) is 10.5. The maximum Gasteiger partial charge on any atom is 0.223 e. The summed E-state index contributed by atoms with van der Waals surface area (Å²) in [6, 6.07) is 2.59. The lowest BCUT2D eigenvalue weighted by molar-refractivity contribution is -0.130. The average molecular weight is 236 g/mol. The molecule has 0 atom stereocenters. The van der Waals surface area contributed by atoms with Gasteiger partial charge in [-0.2, -0.15) is 0 Å². The van der Waals surface area contributed by atoms with Crippen LogP contribution in [0.4, 0.5) is 0 Å². The van der Waals surface area contributed by atoms with Crippen molar-refractivity contribution in [2.24, 2.45) is 0 Å². The third kappa shape index (κ3) is 3.60. The highest BCUT2D eigenvalue weighted by Crippen LogP contribution is 2.18. The van der Waals surface area contributed by atoms with Gasteiger partial charge in [0.05, 0.1) is 6.26 Å². The quantitative estimate of drug-likeness (QED) is 0.817. The number of hydrogen-bond donors (Lipinski definition) is 1. The van der Waals surface area contributed by atoms with E-state index in [2.05, 4.69) is 5.32 Å². The van der Waals surface area contributed by atoms with E-state index in [9.17, 15) is 4.79 Å². The molecule has 1 N–H and O–H groups in total. The van der Waals surface area contributed by atoms with Gasteiger partial charge in [-0.25, -0.2) is 0 Å². The Morgan fingerprint density at radius 2 is 2.35 bits per heavy atom. The standard InChI is InChI=1S/C13H20N2O2/c1-10-11(6-8-17-10)9-15(2)13(16)5-7-14-12-3-4-12/h6,8,12,14H,3-5,7,9H2,1-2H3. The van der Waals surface area contributed by atoms with E-state index in [0.717, 1.165) is 17.9 Å². The van der Waals surface area contributed by atoms with Crippen molar-refractivity contribution < 1.29 is 9.21 Å². The molecule has 0 bridgehead atoms. The summed E-state index contributed by atoms with van der Waals surface area (Å²) in [5.74, 6) is 1.07. The number of hydrogen-bond acceptors (Lipinski definition) is 3. The van der Waals surface area contributed by atoms with E-state index >= 15 is 0 Å². The highest BCUT2D eigenvalue weighted by Gasteiger charge is 2.20. The Balaban J connectivity index is 1.72. The second kappa shape index (κ2) is 5.36. The van der Waals surface area contributed by atoms with E-state index < -0.39 is 0 Å². The molecule has 0 spiro atoms. The van der Waals surface area contributed by atoms with Crippen molar-refractivity contribution in [3.63, 3.8) is 0 Å². The third-order valence-corrected chi connectivity index (χ3v) is 3.15. The maximum atomic E-state index is 11.8. The van der Waals surface area contributed by atoms with Crippen molar-refractivity contribution in [2.45, 2.75) is 38.8 Å². The van der Waals surface area contributed by atoms with Crippen molar-refractivity contribution in [1.29, 1.82) is 0 Å². The number of furan rings is 1. The molecule has 1 aromatic heterocycles. The Hall–Kier alpha value is -1.29. The molecule has 4 heteroatoms. The lowest BCUT2D eigenvalue weighted by Crippen LogP contribution is -2.30. The van der Waals surface area contributed by atoms with Crippen molar-refractivity contribution in [3.05, 3.63) is 23.7 Å². The highest BCUT2D eigenvalue weighted by atomic mass is 16.3. The fourth-order valence-electron chi connectivity index (χ4n) is 1.78. The second-order valence-corrected chi connectivity index (χ2v) is 4.73. The van der Waals surface area contributed by atoms with E-state index in [1.165, 1.54) is 12.8 Å². The summed E-state index contributed by atoms with van der Waals surface area (Å²) >= 11 is 0. The Kier molecular flexibility index (Phi) is 3.84. The molecule has 0 unspecified atom stereocenters. The van der Waals surface area contributed by atoms with Crippen LogP contribution in [0.15, 0.2) is 16.7 Å². The van der Waals surface area contributed by atoms with Crippen LogP contribution in [0.25, 0.3) is 0 Å². The van der Waals surface area contributed by atoms with Gasteiger partial charge in [0, 0.05) is 38.2 Å². The number of nitrogens with one attached hydrogen (secondary N) is 1. The molecular formula is C13H20N2O2. The van der Waals surface area contributed by atoms with Crippen LogP contribution < -0.4 is 5.32 Å².